The summed E-state index contributed by atoms with van der Waals surface area (Å²) in [5, 5.41) is 0. The second-order valence-corrected chi connectivity index (χ2v) is 7.90. The Labute approximate surface area is 118 Å². The average Bonchev–Trinajstić information content (AvgIpc) is 2.26. The Hall–Kier alpha value is -0.570. The molecule has 0 amide bonds. The minimum Gasteiger partial charge on any atom is -0.469 e. The van der Waals surface area contributed by atoms with Crippen molar-refractivity contribution in [1.29, 1.82) is 0 Å². The molecule has 2 N–H and O–H groups in total. The maximum atomic E-state index is 11.7. The molecule has 1 fully saturated rings. The molecule has 1 saturated carbocycles. The fraction of sp³-hybridized carbons (Fsp3) is 0.938. The van der Waals surface area contributed by atoms with Gasteiger partial charge in [-0.1, -0.05) is 20.8 Å². The lowest BCUT2D eigenvalue weighted by atomic mass is 9.57. The summed E-state index contributed by atoms with van der Waals surface area (Å²) in [6.07, 6.45) is 4.80. The third kappa shape index (κ3) is 3.71. The van der Waals surface area contributed by atoms with Crippen LogP contribution < -0.4 is 5.73 Å². The lowest BCUT2D eigenvalue weighted by molar-refractivity contribution is -0.146. The molecule has 0 bridgehead atoms. The number of nitrogens with two attached hydrogens (primary N) is 1. The van der Waals surface area contributed by atoms with Crippen molar-refractivity contribution in [2.45, 2.75) is 72.3 Å². The van der Waals surface area contributed by atoms with Gasteiger partial charge in [0.25, 0.3) is 0 Å². The van der Waals surface area contributed by atoms with E-state index in [1.165, 1.54) is 7.11 Å². The topological polar surface area (TPSA) is 52.3 Å². The zero-order valence-corrected chi connectivity index (χ0v) is 13.5. The molecular formula is C16H31NO2. The van der Waals surface area contributed by atoms with Crippen LogP contribution in [0.3, 0.4) is 0 Å². The molecule has 1 rings (SSSR count). The Kier molecular flexibility index (Phi) is 4.71. The molecule has 0 spiro atoms. The highest BCUT2D eigenvalue weighted by molar-refractivity contribution is 5.70. The van der Waals surface area contributed by atoms with E-state index in [2.05, 4.69) is 20.8 Å². The van der Waals surface area contributed by atoms with Crippen molar-refractivity contribution in [3.8, 4) is 0 Å². The van der Waals surface area contributed by atoms with Crippen LogP contribution >= 0.6 is 0 Å². The van der Waals surface area contributed by atoms with Crippen molar-refractivity contribution in [3.05, 3.63) is 0 Å². The van der Waals surface area contributed by atoms with E-state index >= 15 is 0 Å². The molecule has 0 aromatic rings. The van der Waals surface area contributed by atoms with Gasteiger partial charge in [0.15, 0.2) is 0 Å². The molecule has 0 unspecified atom stereocenters. The third-order valence-corrected chi connectivity index (χ3v) is 5.24. The lowest BCUT2D eigenvalue weighted by Crippen LogP contribution is -2.54. The van der Waals surface area contributed by atoms with Crippen LogP contribution in [0.5, 0.6) is 0 Å². The van der Waals surface area contributed by atoms with Gasteiger partial charge in [-0.3, -0.25) is 4.79 Å². The Morgan fingerprint density at radius 1 is 1.21 bits per heavy atom. The maximum absolute atomic E-state index is 11.7. The standard InChI is InChI=1S/C16H31NO2/c1-14(2,3)12-7-9-16(10-8-12,15(4,5)17)11-13(18)19-6/h12H,7-11,17H2,1-6H3. The highest BCUT2D eigenvalue weighted by atomic mass is 16.5. The summed E-state index contributed by atoms with van der Waals surface area (Å²) < 4.78 is 4.87. The first kappa shape index (κ1) is 16.5. The summed E-state index contributed by atoms with van der Waals surface area (Å²) in [5.41, 5.74) is 6.29. The smallest absolute Gasteiger partial charge is 0.306 e. The normalized spacial score (nSPS) is 29.1. The van der Waals surface area contributed by atoms with E-state index in [4.69, 9.17) is 10.5 Å². The predicted molar refractivity (Wildman–Crippen MR) is 78.7 cm³/mol. The Bertz CT molecular complexity index is 315. The van der Waals surface area contributed by atoms with E-state index in [0.717, 1.165) is 31.6 Å². The zero-order chi connectivity index (χ0) is 14.9. The number of ether oxygens (including phenoxy) is 1. The van der Waals surface area contributed by atoms with Crippen LogP contribution in [0, 0.1) is 16.7 Å². The van der Waals surface area contributed by atoms with Crippen LogP contribution in [-0.2, 0) is 9.53 Å². The van der Waals surface area contributed by atoms with Gasteiger partial charge in [0.05, 0.1) is 13.5 Å². The largest absolute Gasteiger partial charge is 0.469 e. The number of hydrogen-bond acceptors (Lipinski definition) is 3. The summed E-state index contributed by atoms with van der Waals surface area (Å²) >= 11 is 0. The molecule has 3 nitrogen and oxygen atoms in total. The summed E-state index contributed by atoms with van der Waals surface area (Å²) in [6, 6.07) is 0. The molecule has 0 aliphatic heterocycles. The van der Waals surface area contributed by atoms with E-state index in [0.29, 0.717) is 11.8 Å². The van der Waals surface area contributed by atoms with Gasteiger partial charge in [-0.25, -0.2) is 0 Å². The van der Waals surface area contributed by atoms with Gasteiger partial charge in [-0.05, 0) is 56.3 Å². The number of rotatable bonds is 3. The quantitative estimate of drug-likeness (QED) is 0.798. The molecule has 1 aliphatic carbocycles. The van der Waals surface area contributed by atoms with E-state index in [1.54, 1.807) is 0 Å². The molecule has 0 heterocycles. The highest BCUT2D eigenvalue weighted by Gasteiger charge is 2.47. The van der Waals surface area contributed by atoms with Crippen molar-refractivity contribution in [2.24, 2.45) is 22.5 Å². The first-order valence-corrected chi connectivity index (χ1v) is 7.37. The second kappa shape index (κ2) is 5.43. The number of hydrogen-bond donors (Lipinski definition) is 1. The molecule has 0 aromatic heterocycles. The third-order valence-electron chi connectivity index (χ3n) is 5.24. The van der Waals surface area contributed by atoms with Crippen molar-refractivity contribution in [3.63, 3.8) is 0 Å². The van der Waals surface area contributed by atoms with E-state index in [-0.39, 0.29) is 16.9 Å². The Balaban J connectivity index is 2.84. The molecule has 0 aromatic carbocycles. The summed E-state index contributed by atoms with van der Waals surface area (Å²) in [6.45, 7) is 11.0. The van der Waals surface area contributed by atoms with Gasteiger partial charge >= 0.3 is 5.97 Å². The van der Waals surface area contributed by atoms with Crippen LogP contribution in [0.2, 0.25) is 0 Å². The van der Waals surface area contributed by atoms with Gasteiger partial charge < -0.3 is 10.5 Å². The summed E-state index contributed by atoms with van der Waals surface area (Å²) in [5.74, 6) is 0.591. The van der Waals surface area contributed by atoms with Crippen LogP contribution in [0.15, 0.2) is 0 Å². The summed E-state index contributed by atoms with van der Waals surface area (Å²) in [7, 11) is 1.46. The Morgan fingerprint density at radius 3 is 2.00 bits per heavy atom. The van der Waals surface area contributed by atoms with Crippen molar-refractivity contribution in [2.75, 3.05) is 7.11 Å². The fourth-order valence-corrected chi connectivity index (χ4v) is 3.43. The number of carbonyl (C=O) groups is 1. The zero-order valence-electron chi connectivity index (χ0n) is 13.5. The molecule has 3 heteroatoms. The molecule has 0 atom stereocenters. The van der Waals surface area contributed by atoms with Gasteiger partial charge in [0, 0.05) is 5.54 Å². The predicted octanol–water partition coefficient (Wildman–Crippen LogP) is 3.51. The van der Waals surface area contributed by atoms with Crippen molar-refractivity contribution in [1.82, 2.24) is 0 Å². The number of carbonyl (C=O) groups excluding carboxylic acids is 1. The SMILES string of the molecule is COC(=O)CC1(C(C)(C)N)CCC(C(C)(C)C)CC1. The van der Waals surface area contributed by atoms with Crippen LogP contribution in [0.25, 0.3) is 0 Å². The minimum absolute atomic E-state index is 0.109. The highest BCUT2D eigenvalue weighted by Crippen LogP contribution is 2.51. The molecular weight excluding hydrogens is 238 g/mol. The molecule has 0 radical (unpaired) electrons. The first-order chi connectivity index (χ1) is 8.52. The summed E-state index contributed by atoms with van der Waals surface area (Å²) in [4.78, 5) is 11.7. The van der Waals surface area contributed by atoms with Gasteiger partial charge in [-0.2, -0.15) is 0 Å². The van der Waals surface area contributed by atoms with Gasteiger partial charge in [0.2, 0.25) is 0 Å². The maximum Gasteiger partial charge on any atom is 0.306 e. The van der Waals surface area contributed by atoms with Crippen molar-refractivity contribution < 1.29 is 9.53 Å². The fourth-order valence-electron chi connectivity index (χ4n) is 3.43. The monoisotopic (exact) mass is 269 g/mol. The van der Waals surface area contributed by atoms with Gasteiger partial charge in [-0.15, -0.1) is 0 Å². The van der Waals surface area contributed by atoms with Crippen LogP contribution in [-0.4, -0.2) is 18.6 Å². The minimum atomic E-state index is -0.343. The van der Waals surface area contributed by atoms with Crippen LogP contribution in [0.1, 0.15) is 66.7 Å². The molecule has 1 aliphatic rings. The number of esters is 1. The van der Waals surface area contributed by atoms with Crippen molar-refractivity contribution >= 4 is 5.97 Å². The van der Waals surface area contributed by atoms with E-state index in [9.17, 15) is 4.79 Å². The lowest BCUT2D eigenvalue weighted by Gasteiger charge is -2.50. The van der Waals surface area contributed by atoms with E-state index in [1.807, 2.05) is 13.8 Å². The molecule has 0 saturated heterocycles. The Morgan fingerprint density at radius 2 is 1.68 bits per heavy atom. The average molecular weight is 269 g/mol. The van der Waals surface area contributed by atoms with E-state index < -0.39 is 0 Å². The molecule has 19 heavy (non-hydrogen) atoms. The molecule has 112 valence electrons. The van der Waals surface area contributed by atoms with Gasteiger partial charge in [0.1, 0.15) is 0 Å². The number of methoxy groups -OCH3 is 1. The second-order valence-electron chi connectivity index (χ2n) is 7.90. The first-order valence-electron chi connectivity index (χ1n) is 7.37. The van der Waals surface area contributed by atoms with Crippen LogP contribution in [0.4, 0.5) is 0 Å².